The minimum absolute atomic E-state index is 0.150. The second-order valence-corrected chi connectivity index (χ2v) is 4.18. The van der Waals surface area contributed by atoms with Crippen LogP contribution < -0.4 is 5.32 Å². The molecule has 15 heavy (non-hydrogen) atoms. The summed E-state index contributed by atoms with van der Waals surface area (Å²) in [5.74, 6) is 0.782. The van der Waals surface area contributed by atoms with Crippen LogP contribution in [0.2, 0.25) is 0 Å². The molecular weight excluding hydrogens is 190 g/mol. The van der Waals surface area contributed by atoms with Crippen molar-refractivity contribution in [2.45, 2.75) is 44.8 Å². The Bertz CT molecular complexity index is 312. The van der Waals surface area contributed by atoms with Crippen molar-refractivity contribution in [3.63, 3.8) is 0 Å². The van der Waals surface area contributed by atoms with Gasteiger partial charge in [0.25, 0.3) is 0 Å². The Morgan fingerprint density at radius 3 is 2.73 bits per heavy atom. The van der Waals surface area contributed by atoms with E-state index in [4.69, 9.17) is 0 Å². The molecule has 4 nitrogen and oxygen atoms in total. The van der Waals surface area contributed by atoms with Crippen LogP contribution in [0, 0.1) is 6.92 Å². The van der Waals surface area contributed by atoms with E-state index in [0.29, 0.717) is 6.04 Å². The summed E-state index contributed by atoms with van der Waals surface area (Å²) in [4.78, 5) is 8.26. The minimum atomic E-state index is -0.150. The third kappa shape index (κ3) is 2.89. The van der Waals surface area contributed by atoms with Crippen molar-refractivity contribution in [3.8, 4) is 0 Å². The Morgan fingerprint density at radius 2 is 2.07 bits per heavy atom. The lowest BCUT2D eigenvalue weighted by molar-refractivity contribution is 0.124. The first-order valence-corrected chi connectivity index (χ1v) is 5.47. The van der Waals surface area contributed by atoms with Gasteiger partial charge in [-0.25, -0.2) is 9.97 Å². The number of aryl methyl sites for hydroxylation is 1. The maximum absolute atomic E-state index is 9.53. The smallest absolute Gasteiger partial charge is 0.125 e. The molecule has 0 bridgehead atoms. The predicted octanol–water partition coefficient (Wildman–Crippen LogP) is 1.50. The second-order valence-electron chi connectivity index (χ2n) is 4.18. The van der Waals surface area contributed by atoms with E-state index in [1.54, 1.807) is 12.4 Å². The van der Waals surface area contributed by atoms with Crippen molar-refractivity contribution in [1.82, 2.24) is 9.97 Å². The first kappa shape index (κ1) is 10.4. The van der Waals surface area contributed by atoms with Crippen LogP contribution in [0.3, 0.4) is 0 Å². The molecule has 0 amide bonds. The van der Waals surface area contributed by atoms with Crippen molar-refractivity contribution in [3.05, 3.63) is 18.2 Å². The molecule has 2 atom stereocenters. The molecule has 2 rings (SSSR count). The van der Waals surface area contributed by atoms with Gasteiger partial charge in [-0.15, -0.1) is 0 Å². The summed E-state index contributed by atoms with van der Waals surface area (Å²) in [6.45, 7) is 1.87. The highest BCUT2D eigenvalue weighted by Gasteiger charge is 2.19. The number of aliphatic hydroxyl groups excluding tert-OH is 1. The lowest BCUT2D eigenvalue weighted by Crippen LogP contribution is -2.29. The first-order valence-electron chi connectivity index (χ1n) is 5.47. The highest BCUT2D eigenvalue weighted by molar-refractivity contribution is 5.38. The third-order valence-corrected chi connectivity index (χ3v) is 2.80. The maximum Gasteiger partial charge on any atom is 0.125 e. The summed E-state index contributed by atoms with van der Waals surface area (Å²) in [6.07, 6.45) is 7.40. The Balaban J connectivity index is 1.93. The van der Waals surface area contributed by atoms with Gasteiger partial charge < -0.3 is 10.4 Å². The molecule has 82 valence electrons. The van der Waals surface area contributed by atoms with Crippen LogP contribution >= 0.6 is 0 Å². The molecule has 4 heteroatoms. The topological polar surface area (TPSA) is 58.0 Å². The zero-order valence-electron chi connectivity index (χ0n) is 8.98. The lowest BCUT2D eigenvalue weighted by atomic mass is 9.93. The van der Waals surface area contributed by atoms with E-state index in [2.05, 4.69) is 15.3 Å². The number of aliphatic hydroxyl groups is 1. The second kappa shape index (κ2) is 4.57. The molecule has 1 aromatic rings. The van der Waals surface area contributed by atoms with Gasteiger partial charge in [0.2, 0.25) is 0 Å². The Morgan fingerprint density at radius 1 is 1.33 bits per heavy atom. The number of hydrogen-bond acceptors (Lipinski definition) is 4. The average molecular weight is 207 g/mol. The van der Waals surface area contributed by atoms with Gasteiger partial charge in [0, 0.05) is 6.04 Å². The quantitative estimate of drug-likeness (QED) is 0.771. The highest BCUT2D eigenvalue weighted by Crippen LogP contribution is 2.21. The summed E-state index contributed by atoms with van der Waals surface area (Å²) in [7, 11) is 0. The van der Waals surface area contributed by atoms with E-state index in [1.807, 2.05) is 6.92 Å². The van der Waals surface area contributed by atoms with E-state index in [9.17, 15) is 5.11 Å². The number of nitrogens with zero attached hydrogens (tertiary/aromatic N) is 2. The van der Waals surface area contributed by atoms with Crippen LogP contribution in [0.4, 0.5) is 5.69 Å². The summed E-state index contributed by atoms with van der Waals surface area (Å²) < 4.78 is 0. The van der Waals surface area contributed by atoms with Crippen molar-refractivity contribution in [1.29, 1.82) is 0 Å². The van der Waals surface area contributed by atoms with Gasteiger partial charge >= 0.3 is 0 Å². The molecule has 2 N–H and O–H groups in total. The maximum atomic E-state index is 9.53. The SMILES string of the molecule is Cc1ncc(NC2CCCC(O)C2)cn1. The summed E-state index contributed by atoms with van der Waals surface area (Å²) in [5, 5.41) is 12.9. The van der Waals surface area contributed by atoms with Gasteiger partial charge in [0.05, 0.1) is 24.2 Å². The van der Waals surface area contributed by atoms with E-state index in [0.717, 1.165) is 37.2 Å². The molecule has 0 spiro atoms. The number of nitrogens with one attached hydrogen (secondary N) is 1. The van der Waals surface area contributed by atoms with E-state index in [1.165, 1.54) is 0 Å². The molecule has 1 saturated carbocycles. The van der Waals surface area contributed by atoms with E-state index in [-0.39, 0.29) is 6.10 Å². The van der Waals surface area contributed by atoms with Gasteiger partial charge in [-0.05, 0) is 32.6 Å². The van der Waals surface area contributed by atoms with E-state index >= 15 is 0 Å². The first-order chi connectivity index (χ1) is 7.24. The molecule has 1 aliphatic rings. The molecule has 0 radical (unpaired) electrons. The highest BCUT2D eigenvalue weighted by atomic mass is 16.3. The fourth-order valence-electron chi connectivity index (χ4n) is 2.00. The molecule has 1 aliphatic carbocycles. The minimum Gasteiger partial charge on any atom is -0.393 e. The summed E-state index contributed by atoms with van der Waals surface area (Å²) >= 11 is 0. The van der Waals surface area contributed by atoms with Gasteiger partial charge in [-0.1, -0.05) is 0 Å². The van der Waals surface area contributed by atoms with Gasteiger partial charge in [-0.2, -0.15) is 0 Å². The van der Waals surface area contributed by atoms with Crippen molar-refractivity contribution in [2.24, 2.45) is 0 Å². The van der Waals surface area contributed by atoms with Crippen LogP contribution in [0.15, 0.2) is 12.4 Å². The van der Waals surface area contributed by atoms with Gasteiger partial charge in [0.15, 0.2) is 0 Å². The monoisotopic (exact) mass is 207 g/mol. The lowest BCUT2D eigenvalue weighted by Gasteiger charge is -2.27. The normalized spacial score (nSPS) is 26.3. The third-order valence-electron chi connectivity index (χ3n) is 2.80. The number of aromatic nitrogens is 2. The fourth-order valence-corrected chi connectivity index (χ4v) is 2.00. The predicted molar refractivity (Wildman–Crippen MR) is 58.7 cm³/mol. The largest absolute Gasteiger partial charge is 0.393 e. The zero-order valence-corrected chi connectivity index (χ0v) is 8.98. The molecule has 0 aromatic carbocycles. The number of anilines is 1. The zero-order chi connectivity index (χ0) is 10.7. The standard InChI is InChI=1S/C11H17N3O/c1-8-12-6-10(7-13-8)14-9-3-2-4-11(15)5-9/h6-7,9,11,14-15H,2-5H2,1H3. The van der Waals surface area contributed by atoms with Crippen molar-refractivity contribution < 1.29 is 5.11 Å². The number of hydrogen-bond donors (Lipinski definition) is 2. The molecule has 1 heterocycles. The molecule has 1 aromatic heterocycles. The van der Waals surface area contributed by atoms with Crippen LogP contribution in [0.1, 0.15) is 31.5 Å². The molecule has 1 fully saturated rings. The summed E-state index contributed by atoms with van der Waals surface area (Å²) in [5.41, 5.74) is 0.944. The van der Waals surface area contributed by atoms with E-state index < -0.39 is 0 Å². The van der Waals surface area contributed by atoms with Gasteiger partial charge in [0.1, 0.15) is 5.82 Å². The molecule has 0 saturated heterocycles. The van der Waals surface area contributed by atoms with Gasteiger partial charge in [-0.3, -0.25) is 0 Å². The van der Waals surface area contributed by atoms with Crippen LogP contribution in [-0.2, 0) is 0 Å². The Kier molecular flexibility index (Phi) is 3.16. The molecule has 2 unspecified atom stereocenters. The fraction of sp³-hybridized carbons (Fsp3) is 0.636. The molecular formula is C11H17N3O. The van der Waals surface area contributed by atoms with Crippen LogP contribution in [-0.4, -0.2) is 27.2 Å². The Labute approximate surface area is 89.8 Å². The van der Waals surface area contributed by atoms with Crippen LogP contribution in [0.25, 0.3) is 0 Å². The average Bonchev–Trinajstić information content (AvgIpc) is 2.22. The van der Waals surface area contributed by atoms with Crippen molar-refractivity contribution >= 4 is 5.69 Å². The van der Waals surface area contributed by atoms with Crippen molar-refractivity contribution in [2.75, 3.05) is 5.32 Å². The Hall–Kier alpha value is -1.16. The summed E-state index contributed by atoms with van der Waals surface area (Å²) in [6, 6.07) is 0.361. The van der Waals surface area contributed by atoms with Crippen LogP contribution in [0.5, 0.6) is 0 Å². The molecule has 0 aliphatic heterocycles. The number of rotatable bonds is 2.